The quantitative estimate of drug-likeness (QED) is 0.265. The van der Waals surface area contributed by atoms with Crippen molar-refractivity contribution in [3.05, 3.63) is 45.6 Å². The molecule has 0 bridgehead atoms. The van der Waals surface area contributed by atoms with Crippen LogP contribution in [0.15, 0.2) is 30.0 Å². The second kappa shape index (κ2) is 8.27. The first-order chi connectivity index (χ1) is 11.3. The number of benzene rings is 1. The summed E-state index contributed by atoms with van der Waals surface area (Å²) in [5.41, 5.74) is -0.915. The zero-order chi connectivity index (χ0) is 18.3. The van der Waals surface area contributed by atoms with Gasteiger partial charge in [-0.3, -0.25) is 10.1 Å². The number of hydrogen-bond acceptors (Lipinski definition) is 9. The van der Waals surface area contributed by atoms with E-state index in [2.05, 4.69) is 19.5 Å². The van der Waals surface area contributed by atoms with Gasteiger partial charge in [0.15, 0.2) is 0 Å². The van der Waals surface area contributed by atoms with Gasteiger partial charge in [0.1, 0.15) is 5.70 Å². The van der Waals surface area contributed by atoms with Gasteiger partial charge >= 0.3 is 17.9 Å². The Morgan fingerprint density at radius 1 is 1.12 bits per heavy atom. The van der Waals surface area contributed by atoms with E-state index in [9.17, 15) is 24.5 Å². The molecule has 128 valence electrons. The minimum atomic E-state index is -0.942. The molecule has 0 radical (unpaired) electrons. The van der Waals surface area contributed by atoms with Gasteiger partial charge in [0.25, 0.3) is 5.69 Å². The fourth-order valence-electron chi connectivity index (χ4n) is 1.62. The molecule has 1 N–H and O–H groups in total. The fourth-order valence-corrected chi connectivity index (χ4v) is 1.62. The van der Waals surface area contributed by atoms with E-state index in [1.165, 1.54) is 0 Å². The lowest BCUT2D eigenvalue weighted by atomic mass is 10.1. The number of carbonyl (C=O) groups is 3. The highest BCUT2D eigenvalue weighted by molar-refractivity contribution is 6.02. The van der Waals surface area contributed by atoms with E-state index in [4.69, 9.17) is 0 Å². The highest BCUT2D eigenvalue weighted by Gasteiger charge is 2.20. The number of esters is 3. The molecular weight excluding hydrogens is 324 g/mol. The summed E-state index contributed by atoms with van der Waals surface area (Å²) in [4.78, 5) is 45.0. The number of nitrogens with zero attached hydrogens (tertiary/aromatic N) is 1. The summed E-state index contributed by atoms with van der Waals surface area (Å²) < 4.78 is 13.5. The number of rotatable bonds is 6. The molecule has 0 unspecified atom stereocenters. The van der Waals surface area contributed by atoms with E-state index >= 15 is 0 Å². The third kappa shape index (κ3) is 4.53. The molecule has 0 fully saturated rings. The van der Waals surface area contributed by atoms with Gasteiger partial charge < -0.3 is 19.5 Å². The number of hydrogen-bond donors (Lipinski definition) is 1. The van der Waals surface area contributed by atoms with Gasteiger partial charge in [0, 0.05) is 12.1 Å². The third-order valence-corrected chi connectivity index (χ3v) is 2.76. The van der Waals surface area contributed by atoms with E-state index in [1.807, 2.05) is 0 Å². The zero-order valence-electron chi connectivity index (χ0n) is 13.0. The van der Waals surface area contributed by atoms with Gasteiger partial charge in [-0.15, -0.1) is 0 Å². The molecule has 0 atom stereocenters. The van der Waals surface area contributed by atoms with Gasteiger partial charge in [-0.2, -0.15) is 0 Å². The molecule has 10 heteroatoms. The van der Waals surface area contributed by atoms with Crippen LogP contribution >= 0.6 is 0 Å². The first-order valence-electron chi connectivity index (χ1n) is 6.35. The Morgan fingerprint density at radius 2 is 1.79 bits per heavy atom. The number of anilines is 1. The second-order valence-electron chi connectivity index (χ2n) is 4.18. The van der Waals surface area contributed by atoms with Crippen LogP contribution in [-0.4, -0.2) is 44.2 Å². The van der Waals surface area contributed by atoms with Crippen molar-refractivity contribution in [2.45, 2.75) is 0 Å². The molecule has 0 aromatic heterocycles. The van der Waals surface area contributed by atoms with Crippen LogP contribution in [0.2, 0.25) is 0 Å². The number of nitro benzene ring substituents is 1. The third-order valence-electron chi connectivity index (χ3n) is 2.76. The normalized spacial score (nSPS) is 10.5. The molecular formula is C14H14N2O8. The maximum absolute atomic E-state index is 11.8. The van der Waals surface area contributed by atoms with Crippen LogP contribution in [0.1, 0.15) is 10.4 Å². The van der Waals surface area contributed by atoms with Crippen molar-refractivity contribution in [2.75, 3.05) is 26.6 Å². The molecule has 10 nitrogen and oxygen atoms in total. The maximum atomic E-state index is 11.8. The zero-order valence-corrected chi connectivity index (χ0v) is 13.0. The van der Waals surface area contributed by atoms with E-state index in [0.29, 0.717) is 0 Å². The van der Waals surface area contributed by atoms with E-state index in [-0.39, 0.29) is 22.6 Å². The van der Waals surface area contributed by atoms with Gasteiger partial charge in [-0.1, -0.05) is 0 Å². The first-order valence-corrected chi connectivity index (χ1v) is 6.35. The van der Waals surface area contributed by atoms with Crippen molar-refractivity contribution in [3.63, 3.8) is 0 Å². The number of methoxy groups -OCH3 is 3. The van der Waals surface area contributed by atoms with Crippen molar-refractivity contribution < 1.29 is 33.5 Å². The van der Waals surface area contributed by atoms with Crippen LogP contribution in [0.4, 0.5) is 11.4 Å². The Kier molecular flexibility index (Phi) is 6.41. The lowest BCUT2D eigenvalue weighted by molar-refractivity contribution is -0.384. The highest BCUT2D eigenvalue weighted by Crippen LogP contribution is 2.25. The van der Waals surface area contributed by atoms with Gasteiger partial charge in [-0.25, -0.2) is 14.4 Å². The molecule has 1 rings (SSSR count). The van der Waals surface area contributed by atoms with Crippen LogP contribution in [0, 0.1) is 10.1 Å². The Morgan fingerprint density at radius 3 is 2.29 bits per heavy atom. The molecule has 0 aliphatic rings. The van der Waals surface area contributed by atoms with Gasteiger partial charge in [-0.05, 0) is 6.07 Å². The molecule has 0 heterocycles. The summed E-state index contributed by atoms with van der Waals surface area (Å²) >= 11 is 0. The maximum Gasteiger partial charge on any atom is 0.354 e. The van der Waals surface area contributed by atoms with E-state index < -0.39 is 22.8 Å². The summed E-state index contributed by atoms with van der Waals surface area (Å²) in [6.45, 7) is 0. The van der Waals surface area contributed by atoms with Crippen LogP contribution < -0.4 is 5.32 Å². The Labute approximate surface area is 136 Å². The summed E-state index contributed by atoms with van der Waals surface area (Å²) in [5, 5.41) is 13.3. The van der Waals surface area contributed by atoms with Crippen molar-refractivity contribution in [2.24, 2.45) is 0 Å². The lowest BCUT2D eigenvalue weighted by Gasteiger charge is -2.12. The van der Waals surface area contributed by atoms with Gasteiger partial charge in [0.2, 0.25) is 0 Å². The van der Waals surface area contributed by atoms with Crippen molar-refractivity contribution in [3.8, 4) is 0 Å². The smallest absolute Gasteiger partial charge is 0.354 e. The predicted octanol–water partition coefficient (Wildman–Crippen LogP) is 1.02. The lowest BCUT2D eigenvalue weighted by Crippen LogP contribution is -2.17. The molecule has 0 aliphatic carbocycles. The van der Waals surface area contributed by atoms with Crippen LogP contribution in [-0.2, 0) is 23.8 Å². The van der Waals surface area contributed by atoms with Crippen molar-refractivity contribution >= 4 is 29.3 Å². The Bertz CT molecular complexity index is 711. The summed E-state index contributed by atoms with van der Waals surface area (Å²) in [6, 6.07) is 3.26. The SMILES string of the molecule is COC(=O)/C=C(/Nc1cc([N+](=O)[O-])ccc1C(=O)OC)C(=O)OC. The summed E-state index contributed by atoms with van der Waals surface area (Å²) in [7, 11) is 3.30. The molecule has 0 aliphatic heterocycles. The predicted molar refractivity (Wildman–Crippen MR) is 80.2 cm³/mol. The minimum absolute atomic E-state index is 0.0808. The van der Waals surface area contributed by atoms with E-state index in [0.717, 1.165) is 45.6 Å². The van der Waals surface area contributed by atoms with Crippen molar-refractivity contribution in [1.82, 2.24) is 0 Å². The fraction of sp³-hybridized carbons (Fsp3) is 0.214. The van der Waals surface area contributed by atoms with Crippen LogP contribution in [0.25, 0.3) is 0 Å². The average Bonchev–Trinajstić information content (AvgIpc) is 2.59. The number of nitro groups is 1. The standard InChI is InChI=1S/C14H14N2O8/c1-22-12(17)7-11(14(19)24-3)15-10-6-8(16(20)21)4-5-9(10)13(18)23-2/h4-7,15H,1-3H3/b11-7+. The topological polar surface area (TPSA) is 134 Å². The molecule has 1 aromatic rings. The molecule has 1 aromatic carbocycles. The number of carbonyl (C=O) groups excluding carboxylic acids is 3. The Hall–Kier alpha value is -3.43. The van der Waals surface area contributed by atoms with E-state index in [1.54, 1.807) is 0 Å². The molecule has 0 amide bonds. The summed E-state index contributed by atoms with van der Waals surface area (Å²) in [5.74, 6) is -2.61. The van der Waals surface area contributed by atoms with Crippen molar-refractivity contribution in [1.29, 1.82) is 0 Å². The number of nitrogens with one attached hydrogen (secondary N) is 1. The largest absolute Gasteiger partial charge is 0.466 e. The molecule has 0 spiro atoms. The molecule has 0 saturated carbocycles. The average molecular weight is 338 g/mol. The van der Waals surface area contributed by atoms with Crippen LogP contribution in [0.3, 0.4) is 0 Å². The second-order valence-corrected chi connectivity index (χ2v) is 4.18. The highest BCUT2D eigenvalue weighted by atomic mass is 16.6. The minimum Gasteiger partial charge on any atom is -0.466 e. The monoisotopic (exact) mass is 338 g/mol. The number of non-ortho nitro benzene ring substituents is 1. The summed E-state index contributed by atoms with van der Waals surface area (Å²) in [6.07, 6.45) is 0.783. The Balaban J connectivity index is 3.39. The van der Waals surface area contributed by atoms with Gasteiger partial charge in [0.05, 0.1) is 43.6 Å². The van der Waals surface area contributed by atoms with Crippen LogP contribution in [0.5, 0.6) is 0 Å². The number of ether oxygens (including phenoxy) is 3. The molecule has 24 heavy (non-hydrogen) atoms. The molecule has 0 saturated heterocycles. The first kappa shape index (κ1) is 18.6.